The van der Waals surface area contributed by atoms with Crippen molar-refractivity contribution in [2.75, 3.05) is 5.32 Å². The van der Waals surface area contributed by atoms with E-state index >= 15 is 0 Å². The van der Waals surface area contributed by atoms with Crippen LogP contribution >= 0.6 is 0 Å². The molecule has 0 spiro atoms. The first-order valence-electron chi connectivity index (χ1n) is 7.06. The monoisotopic (exact) mass is 274 g/mol. The molecule has 1 aromatic rings. The summed E-state index contributed by atoms with van der Waals surface area (Å²) < 4.78 is 13.8. The van der Waals surface area contributed by atoms with Crippen molar-refractivity contribution in [3.63, 3.8) is 0 Å². The van der Waals surface area contributed by atoms with Crippen molar-refractivity contribution in [3.8, 4) is 6.07 Å². The third-order valence-corrected chi connectivity index (χ3v) is 3.98. The molecule has 0 saturated heterocycles. The second kappa shape index (κ2) is 6.04. The number of nitriles is 1. The SMILES string of the molecule is Cc1ccc(NC(=O)C2(C#N)CCCCCC2)c(F)c1. The third-order valence-electron chi connectivity index (χ3n) is 3.98. The van der Waals surface area contributed by atoms with Crippen molar-refractivity contribution in [1.29, 1.82) is 5.26 Å². The van der Waals surface area contributed by atoms with E-state index in [9.17, 15) is 14.4 Å². The number of hydrogen-bond donors (Lipinski definition) is 1. The summed E-state index contributed by atoms with van der Waals surface area (Å²) in [6.07, 6.45) is 4.96. The number of hydrogen-bond acceptors (Lipinski definition) is 2. The Morgan fingerprint density at radius 3 is 2.50 bits per heavy atom. The van der Waals surface area contributed by atoms with Crippen LogP contribution < -0.4 is 5.32 Å². The van der Waals surface area contributed by atoms with Gasteiger partial charge in [0.2, 0.25) is 5.91 Å². The summed E-state index contributed by atoms with van der Waals surface area (Å²) in [5.41, 5.74) is -0.0576. The standard InChI is InChI=1S/C16H19FN2O/c1-12-6-7-14(13(17)10-12)19-15(20)16(11-18)8-4-2-3-5-9-16/h6-7,10H,2-5,8-9H2,1H3,(H,19,20). The van der Waals surface area contributed by atoms with E-state index in [0.717, 1.165) is 31.2 Å². The highest BCUT2D eigenvalue weighted by Gasteiger charge is 2.39. The summed E-state index contributed by atoms with van der Waals surface area (Å²) in [7, 11) is 0. The Morgan fingerprint density at radius 1 is 1.30 bits per heavy atom. The van der Waals surface area contributed by atoms with Crippen LogP contribution in [0.15, 0.2) is 18.2 Å². The van der Waals surface area contributed by atoms with Crippen LogP contribution in [0.1, 0.15) is 44.1 Å². The van der Waals surface area contributed by atoms with Crippen molar-refractivity contribution in [3.05, 3.63) is 29.6 Å². The fourth-order valence-electron chi connectivity index (χ4n) is 2.69. The number of amides is 1. The highest BCUT2D eigenvalue weighted by molar-refractivity contribution is 5.97. The fraction of sp³-hybridized carbons (Fsp3) is 0.500. The summed E-state index contributed by atoms with van der Waals surface area (Å²) in [6.45, 7) is 1.79. The topological polar surface area (TPSA) is 52.9 Å². The Hall–Kier alpha value is -1.89. The lowest BCUT2D eigenvalue weighted by Gasteiger charge is -2.23. The lowest BCUT2D eigenvalue weighted by Crippen LogP contribution is -2.34. The van der Waals surface area contributed by atoms with Crippen LogP contribution in [0.5, 0.6) is 0 Å². The number of nitrogens with one attached hydrogen (secondary N) is 1. The van der Waals surface area contributed by atoms with Gasteiger partial charge in [-0.2, -0.15) is 5.26 Å². The third kappa shape index (κ3) is 2.98. The van der Waals surface area contributed by atoms with E-state index in [4.69, 9.17) is 0 Å². The maximum atomic E-state index is 13.8. The largest absolute Gasteiger partial charge is 0.322 e. The Labute approximate surface area is 118 Å². The highest BCUT2D eigenvalue weighted by atomic mass is 19.1. The smallest absolute Gasteiger partial charge is 0.244 e. The minimum atomic E-state index is -1.01. The van der Waals surface area contributed by atoms with E-state index in [1.54, 1.807) is 19.1 Å². The van der Waals surface area contributed by atoms with Crippen LogP contribution in [0.25, 0.3) is 0 Å². The van der Waals surface area contributed by atoms with Gasteiger partial charge in [-0.3, -0.25) is 4.79 Å². The predicted molar refractivity (Wildman–Crippen MR) is 75.5 cm³/mol. The van der Waals surface area contributed by atoms with E-state index in [0.29, 0.717) is 12.8 Å². The summed E-state index contributed by atoms with van der Waals surface area (Å²) >= 11 is 0. The average molecular weight is 274 g/mol. The van der Waals surface area contributed by atoms with Crippen molar-refractivity contribution in [1.82, 2.24) is 0 Å². The Bertz CT molecular complexity index is 540. The molecule has 4 heteroatoms. The van der Waals surface area contributed by atoms with E-state index in [1.807, 2.05) is 0 Å². The Kier molecular flexibility index (Phi) is 4.39. The molecule has 0 aliphatic heterocycles. The molecule has 1 aromatic carbocycles. The van der Waals surface area contributed by atoms with Gasteiger partial charge in [0.25, 0.3) is 0 Å². The Balaban J connectivity index is 2.19. The fourth-order valence-corrected chi connectivity index (χ4v) is 2.69. The molecule has 0 bridgehead atoms. The molecule has 20 heavy (non-hydrogen) atoms. The molecule has 1 aliphatic rings. The Morgan fingerprint density at radius 2 is 1.95 bits per heavy atom. The molecule has 1 N–H and O–H groups in total. The number of rotatable bonds is 2. The predicted octanol–water partition coefficient (Wildman–Crippen LogP) is 3.94. The minimum absolute atomic E-state index is 0.152. The highest BCUT2D eigenvalue weighted by Crippen LogP contribution is 2.35. The molecule has 106 valence electrons. The zero-order valence-electron chi connectivity index (χ0n) is 11.7. The lowest BCUT2D eigenvalue weighted by molar-refractivity contribution is -0.123. The number of anilines is 1. The quantitative estimate of drug-likeness (QED) is 0.830. The summed E-state index contributed by atoms with van der Waals surface area (Å²) in [6, 6.07) is 6.84. The number of aryl methyl sites for hydroxylation is 1. The molecule has 0 radical (unpaired) electrons. The first kappa shape index (κ1) is 14.5. The van der Waals surface area contributed by atoms with E-state index < -0.39 is 11.2 Å². The van der Waals surface area contributed by atoms with Gasteiger partial charge < -0.3 is 5.32 Å². The van der Waals surface area contributed by atoms with Gasteiger partial charge in [0, 0.05) is 0 Å². The molecule has 1 aliphatic carbocycles. The van der Waals surface area contributed by atoms with Crippen LogP contribution in [0.3, 0.4) is 0 Å². The molecule has 0 aromatic heterocycles. The van der Waals surface area contributed by atoms with Crippen LogP contribution in [-0.4, -0.2) is 5.91 Å². The van der Waals surface area contributed by atoms with Crippen molar-refractivity contribution in [2.24, 2.45) is 5.41 Å². The number of carbonyl (C=O) groups is 1. The second-order valence-electron chi connectivity index (χ2n) is 5.55. The maximum Gasteiger partial charge on any atom is 0.244 e. The van der Waals surface area contributed by atoms with Gasteiger partial charge in [-0.05, 0) is 37.5 Å². The molecule has 1 saturated carbocycles. The minimum Gasteiger partial charge on any atom is -0.322 e. The molecular weight excluding hydrogens is 255 g/mol. The summed E-state index contributed by atoms with van der Waals surface area (Å²) in [5, 5.41) is 12.0. The number of nitrogens with zero attached hydrogens (tertiary/aromatic N) is 1. The van der Waals surface area contributed by atoms with Gasteiger partial charge in [-0.25, -0.2) is 4.39 Å². The van der Waals surface area contributed by atoms with Gasteiger partial charge in [0.05, 0.1) is 11.8 Å². The van der Waals surface area contributed by atoms with Crippen molar-refractivity contribution in [2.45, 2.75) is 45.4 Å². The van der Waals surface area contributed by atoms with Gasteiger partial charge in [-0.15, -0.1) is 0 Å². The molecule has 0 atom stereocenters. The van der Waals surface area contributed by atoms with Gasteiger partial charge in [-0.1, -0.05) is 31.7 Å². The second-order valence-corrected chi connectivity index (χ2v) is 5.55. The molecule has 0 heterocycles. The van der Waals surface area contributed by atoms with E-state index in [1.165, 1.54) is 6.07 Å². The van der Waals surface area contributed by atoms with Crippen molar-refractivity contribution < 1.29 is 9.18 Å². The molecule has 1 fully saturated rings. The van der Waals surface area contributed by atoms with Gasteiger partial charge in [0.1, 0.15) is 11.2 Å². The number of halogens is 1. The number of carbonyl (C=O) groups excluding carboxylic acids is 1. The summed E-state index contributed by atoms with van der Waals surface area (Å²) in [5.74, 6) is -0.829. The molecular formula is C16H19FN2O. The first-order valence-corrected chi connectivity index (χ1v) is 7.06. The first-order chi connectivity index (χ1) is 9.57. The normalized spacial score (nSPS) is 17.9. The van der Waals surface area contributed by atoms with Gasteiger partial charge >= 0.3 is 0 Å². The number of benzene rings is 1. The van der Waals surface area contributed by atoms with Crippen LogP contribution in [-0.2, 0) is 4.79 Å². The lowest BCUT2D eigenvalue weighted by atomic mass is 9.81. The maximum absolute atomic E-state index is 13.8. The molecule has 3 nitrogen and oxygen atoms in total. The molecule has 2 rings (SSSR count). The zero-order chi connectivity index (χ0) is 14.6. The van der Waals surface area contributed by atoms with Crippen LogP contribution in [0, 0.1) is 29.5 Å². The zero-order valence-corrected chi connectivity index (χ0v) is 11.7. The van der Waals surface area contributed by atoms with Gasteiger partial charge in [0.15, 0.2) is 0 Å². The summed E-state index contributed by atoms with van der Waals surface area (Å²) in [4.78, 5) is 12.4. The molecule has 1 amide bonds. The van der Waals surface area contributed by atoms with Crippen LogP contribution in [0.4, 0.5) is 10.1 Å². The van der Waals surface area contributed by atoms with Crippen LogP contribution in [0.2, 0.25) is 0 Å². The van der Waals surface area contributed by atoms with Crippen molar-refractivity contribution >= 4 is 11.6 Å². The van der Waals surface area contributed by atoms with E-state index in [-0.39, 0.29) is 11.6 Å². The molecule has 0 unspecified atom stereocenters. The van der Waals surface area contributed by atoms with E-state index in [2.05, 4.69) is 11.4 Å². The average Bonchev–Trinajstić information content (AvgIpc) is 2.68.